The number of carbonyl (C=O) groups excluding carboxylic acids is 2. The SMILES string of the molecule is CCCCOc1c(O)cc2c(c1O)-c1c(cc(O)c(O)c1O)C(=O)OCC1OC(OC)C(O)C(O)C1OC2=O. The second kappa shape index (κ2) is 11.0. The zero-order valence-corrected chi connectivity index (χ0v) is 20.9. The normalized spacial score (nSPS) is 24.9. The van der Waals surface area contributed by atoms with Gasteiger partial charge in [-0.1, -0.05) is 13.3 Å². The molecule has 0 radical (unpaired) electrons. The summed E-state index contributed by atoms with van der Waals surface area (Å²) in [5, 5.41) is 73.9. The lowest BCUT2D eigenvalue weighted by Crippen LogP contribution is -2.60. The Kier molecular flexibility index (Phi) is 7.92. The van der Waals surface area contributed by atoms with Gasteiger partial charge in [0.05, 0.1) is 17.7 Å². The van der Waals surface area contributed by atoms with Crippen molar-refractivity contribution in [2.45, 2.75) is 50.5 Å². The number of hydrogen-bond donors (Lipinski definition) is 7. The van der Waals surface area contributed by atoms with E-state index in [-0.39, 0.29) is 6.61 Å². The van der Waals surface area contributed by atoms with E-state index in [1.54, 1.807) is 0 Å². The van der Waals surface area contributed by atoms with Crippen molar-refractivity contribution < 1.29 is 69.0 Å². The van der Waals surface area contributed by atoms with E-state index in [9.17, 15) is 45.3 Å². The van der Waals surface area contributed by atoms with E-state index in [0.717, 1.165) is 12.1 Å². The number of cyclic esters (lactones) is 1. The van der Waals surface area contributed by atoms with Crippen molar-refractivity contribution in [1.82, 2.24) is 0 Å². The molecule has 2 aromatic rings. The van der Waals surface area contributed by atoms with Gasteiger partial charge in [-0.2, -0.15) is 0 Å². The molecule has 0 saturated carbocycles. The van der Waals surface area contributed by atoms with E-state index >= 15 is 0 Å². The number of methoxy groups -OCH3 is 1. The van der Waals surface area contributed by atoms with Crippen LogP contribution in [0.3, 0.4) is 0 Å². The predicted molar refractivity (Wildman–Crippen MR) is 128 cm³/mol. The van der Waals surface area contributed by atoms with E-state index in [4.69, 9.17) is 23.7 Å². The minimum atomic E-state index is -1.79. The number of esters is 2. The molecule has 14 heteroatoms. The highest BCUT2D eigenvalue weighted by Crippen LogP contribution is 2.53. The number of carbonyl (C=O) groups is 2. The zero-order valence-electron chi connectivity index (χ0n) is 20.9. The Labute approximate surface area is 221 Å². The molecule has 1 saturated heterocycles. The van der Waals surface area contributed by atoms with Crippen molar-refractivity contribution >= 4 is 11.9 Å². The largest absolute Gasteiger partial charge is 0.504 e. The number of fused-ring (bicyclic) bond motifs is 4. The Morgan fingerprint density at radius 3 is 2.21 bits per heavy atom. The van der Waals surface area contributed by atoms with Crippen LogP contribution in [-0.2, 0) is 18.9 Å². The van der Waals surface area contributed by atoms with Crippen molar-refractivity contribution in [3.05, 3.63) is 23.3 Å². The van der Waals surface area contributed by atoms with E-state index < -0.39 is 106 Å². The third-order valence-corrected chi connectivity index (χ3v) is 6.42. The number of aliphatic hydroxyl groups excluding tert-OH is 2. The summed E-state index contributed by atoms with van der Waals surface area (Å²) < 4.78 is 26.6. The summed E-state index contributed by atoms with van der Waals surface area (Å²) in [6, 6.07) is 1.56. The van der Waals surface area contributed by atoms with Crippen LogP contribution in [-0.4, -0.2) is 98.7 Å². The third-order valence-electron chi connectivity index (χ3n) is 6.42. The Morgan fingerprint density at radius 2 is 1.54 bits per heavy atom. The monoisotopic (exact) mass is 552 g/mol. The number of aromatic hydroxyl groups is 5. The number of phenolic OH excluding ortho intramolecular Hbond substituents is 5. The van der Waals surface area contributed by atoms with Crippen LogP contribution < -0.4 is 4.74 Å². The van der Waals surface area contributed by atoms with Crippen molar-refractivity contribution in [3.63, 3.8) is 0 Å². The molecule has 2 heterocycles. The molecule has 4 rings (SSSR count). The van der Waals surface area contributed by atoms with E-state index in [0.29, 0.717) is 12.8 Å². The molecule has 212 valence electrons. The Hall–Kier alpha value is -3.98. The van der Waals surface area contributed by atoms with Crippen molar-refractivity contribution in [3.8, 4) is 45.6 Å². The zero-order chi connectivity index (χ0) is 28.6. The fourth-order valence-electron chi connectivity index (χ4n) is 4.37. The molecule has 7 N–H and O–H groups in total. The third kappa shape index (κ3) is 4.94. The van der Waals surface area contributed by atoms with Crippen LogP contribution in [0.4, 0.5) is 0 Å². The molecule has 0 spiro atoms. The molecular formula is C25H28O14. The molecule has 2 aliphatic heterocycles. The molecule has 0 amide bonds. The topological polar surface area (TPSA) is 222 Å². The fourth-order valence-corrected chi connectivity index (χ4v) is 4.37. The molecule has 0 aromatic heterocycles. The summed E-state index contributed by atoms with van der Waals surface area (Å²) in [6.07, 6.45) is -6.65. The van der Waals surface area contributed by atoms with E-state index in [2.05, 4.69) is 0 Å². The minimum absolute atomic E-state index is 0.0361. The minimum Gasteiger partial charge on any atom is -0.504 e. The van der Waals surface area contributed by atoms with E-state index in [1.807, 2.05) is 6.92 Å². The number of ether oxygens (including phenoxy) is 5. The van der Waals surface area contributed by atoms with Gasteiger partial charge in [-0.05, 0) is 18.6 Å². The lowest BCUT2D eigenvalue weighted by Gasteiger charge is -2.41. The van der Waals surface area contributed by atoms with Crippen molar-refractivity contribution in [2.24, 2.45) is 0 Å². The summed E-state index contributed by atoms with van der Waals surface area (Å²) in [5.41, 5.74) is -2.51. The Morgan fingerprint density at radius 1 is 0.897 bits per heavy atom. The molecule has 14 nitrogen and oxygen atoms in total. The first-order valence-electron chi connectivity index (χ1n) is 11.9. The van der Waals surface area contributed by atoms with Gasteiger partial charge in [-0.25, -0.2) is 9.59 Å². The van der Waals surface area contributed by atoms with Crippen LogP contribution in [0, 0.1) is 0 Å². The maximum absolute atomic E-state index is 13.4. The first-order chi connectivity index (χ1) is 18.5. The summed E-state index contributed by atoms with van der Waals surface area (Å²) in [4.78, 5) is 26.6. The first-order valence-corrected chi connectivity index (χ1v) is 11.9. The lowest BCUT2D eigenvalue weighted by molar-refractivity contribution is -0.293. The number of phenols is 5. The van der Waals surface area contributed by atoms with Crippen molar-refractivity contribution in [2.75, 3.05) is 20.3 Å². The Balaban J connectivity index is 1.98. The maximum atomic E-state index is 13.4. The molecule has 1 fully saturated rings. The van der Waals surface area contributed by atoms with Gasteiger partial charge >= 0.3 is 11.9 Å². The van der Waals surface area contributed by atoms with Gasteiger partial charge in [0.15, 0.2) is 35.4 Å². The van der Waals surface area contributed by atoms with Crippen LogP contribution in [0.2, 0.25) is 0 Å². The average molecular weight is 552 g/mol. The average Bonchev–Trinajstić information content (AvgIpc) is 2.92. The van der Waals surface area contributed by atoms with Crippen molar-refractivity contribution in [1.29, 1.82) is 0 Å². The number of rotatable bonds is 5. The highest BCUT2D eigenvalue weighted by Gasteiger charge is 2.48. The summed E-state index contributed by atoms with van der Waals surface area (Å²) in [7, 11) is 1.18. The van der Waals surface area contributed by atoms with Crippen LogP contribution in [0.15, 0.2) is 12.1 Å². The maximum Gasteiger partial charge on any atom is 0.339 e. The van der Waals surface area contributed by atoms with Gasteiger partial charge in [-0.15, -0.1) is 0 Å². The number of hydrogen-bond acceptors (Lipinski definition) is 14. The molecule has 2 aliphatic rings. The second-order valence-electron chi connectivity index (χ2n) is 8.94. The van der Waals surface area contributed by atoms with Gasteiger partial charge < -0.3 is 59.4 Å². The molecule has 0 aliphatic carbocycles. The van der Waals surface area contributed by atoms with E-state index in [1.165, 1.54) is 7.11 Å². The smallest absolute Gasteiger partial charge is 0.339 e. The highest BCUT2D eigenvalue weighted by atomic mass is 16.7. The number of unbranched alkanes of at least 4 members (excludes halogenated alkanes) is 1. The van der Waals surface area contributed by atoms with Gasteiger partial charge in [0, 0.05) is 18.2 Å². The fraction of sp³-hybridized carbons (Fsp3) is 0.440. The highest BCUT2D eigenvalue weighted by molar-refractivity contribution is 6.08. The van der Waals surface area contributed by atoms with Crippen LogP contribution in [0.1, 0.15) is 40.5 Å². The summed E-state index contributed by atoms with van der Waals surface area (Å²) in [5.74, 6) is -7.77. The second-order valence-corrected chi connectivity index (χ2v) is 8.94. The quantitative estimate of drug-likeness (QED) is 0.155. The molecule has 2 aromatic carbocycles. The molecule has 5 unspecified atom stereocenters. The van der Waals surface area contributed by atoms with Crippen LogP contribution in [0.25, 0.3) is 11.1 Å². The van der Waals surface area contributed by atoms with Gasteiger partial charge in [0.1, 0.15) is 24.9 Å². The summed E-state index contributed by atoms with van der Waals surface area (Å²) >= 11 is 0. The molecule has 0 bridgehead atoms. The lowest BCUT2D eigenvalue weighted by atomic mass is 9.91. The Bertz CT molecular complexity index is 1270. The predicted octanol–water partition coefficient (Wildman–Crippen LogP) is 0.849. The van der Waals surface area contributed by atoms with Gasteiger partial charge in [-0.3, -0.25) is 0 Å². The number of benzene rings is 2. The molecule has 5 atom stereocenters. The van der Waals surface area contributed by atoms with Crippen LogP contribution >= 0.6 is 0 Å². The molecular weight excluding hydrogens is 524 g/mol. The standard InChI is InChI=1S/C25H28O14/c1-3-4-5-36-21-12(27)7-10-15(18(21)30)14-9(6-11(26)16(28)17(14)29)23(33)37-8-13-22(39-24(10)34)19(31)20(32)25(35-2)38-13/h6-7,13,19-20,22,25-32H,3-5,8H2,1-2H3. The van der Waals surface area contributed by atoms with Gasteiger partial charge in [0.25, 0.3) is 0 Å². The van der Waals surface area contributed by atoms with Crippen LogP contribution in [0.5, 0.6) is 34.5 Å². The molecule has 39 heavy (non-hydrogen) atoms. The summed E-state index contributed by atoms with van der Waals surface area (Å²) in [6.45, 7) is 1.24. The first kappa shape index (κ1) is 28.0. The number of aliphatic hydroxyl groups is 2. The van der Waals surface area contributed by atoms with Gasteiger partial charge in [0.2, 0.25) is 11.5 Å².